The van der Waals surface area contributed by atoms with E-state index >= 15 is 0 Å². The van der Waals surface area contributed by atoms with Crippen LogP contribution in [-0.4, -0.2) is 49.7 Å². The van der Waals surface area contributed by atoms with Crippen molar-refractivity contribution >= 4 is 11.6 Å². The molecule has 4 nitrogen and oxygen atoms in total. The van der Waals surface area contributed by atoms with Crippen LogP contribution in [0.5, 0.6) is 0 Å². The highest BCUT2D eigenvalue weighted by Gasteiger charge is 2.36. The minimum Gasteiger partial charge on any atom is -0.369 e. The van der Waals surface area contributed by atoms with E-state index in [9.17, 15) is 4.79 Å². The average Bonchev–Trinajstić information content (AvgIpc) is 2.53. The van der Waals surface area contributed by atoms with Crippen LogP contribution >= 0.6 is 0 Å². The average molecular weight is 290 g/mol. The molecule has 0 N–H and O–H groups in total. The molecule has 0 bridgehead atoms. The molecular weight excluding hydrogens is 264 g/mol. The van der Waals surface area contributed by atoms with Gasteiger partial charge in [-0.1, -0.05) is 19.1 Å². The number of hydrogen-bond acceptors (Lipinski definition) is 3. The number of carbonyl (C=O) groups excluding carboxylic acids is 1. The quantitative estimate of drug-likeness (QED) is 0.854. The van der Waals surface area contributed by atoms with Crippen LogP contribution in [0.1, 0.15) is 25.8 Å². The van der Waals surface area contributed by atoms with Crippen molar-refractivity contribution in [3.05, 3.63) is 29.8 Å². The molecule has 0 radical (unpaired) electrons. The Hall–Kier alpha value is -1.55. The highest BCUT2D eigenvalue weighted by atomic mass is 16.5. The van der Waals surface area contributed by atoms with Gasteiger partial charge in [-0.3, -0.25) is 4.79 Å². The summed E-state index contributed by atoms with van der Waals surface area (Å²) in [6, 6.07) is 8.52. The van der Waals surface area contributed by atoms with Gasteiger partial charge in [-0.25, -0.2) is 0 Å². The van der Waals surface area contributed by atoms with Crippen molar-refractivity contribution in [1.29, 1.82) is 0 Å². The van der Waals surface area contributed by atoms with Gasteiger partial charge < -0.3 is 14.5 Å². The molecule has 0 saturated carbocycles. The number of benzene rings is 1. The maximum Gasteiger partial charge on any atom is 0.254 e. The number of anilines is 1. The fourth-order valence-electron chi connectivity index (χ4n) is 2.71. The Balaban J connectivity index is 1.99. The minimum absolute atomic E-state index is 0.108. The van der Waals surface area contributed by atoms with Crippen LogP contribution in [0.2, 0.25) is 0 Å². The summed E-state index contributed by atoms with van der Waals surface area (Å²) < 4.78 is 5.42. The Morgan fingerprint density at radius 1 is 1.29 bits per heavy atom. The summed E-state index contributed by atoms with van der Waals surface area (Å²) in [6.07, 6.45) is 0.695. The molecule has 4 heteroatoms. The lowest BCUT2D eigenvalue weighted by molar-refractivity contribution is -0.153. The van der Waals surface area contributed by atoms with E-state index in [2.05, 4.69) is 36.1 Å². The Morgan fingerprint density at radius 3 is 2.48 bits per heavy atom. The molecule has 1 aliphatic heterocycles. The van der Waals surface area contributed by atoms with Crippen LogP contribution in [-0.2, 0) is 9.53 Å². The third kappa shape index (κ3) is 3.38. The number of nitrogens with zero attached hydrogens (tertiary/aromatic N) is 2. The summed E-state index contributed by atoms with van der Waals surface area (Å²) in [6.45, 7) is 9.23. The van der Waals surface area contributed by atoms with Crippen molar-refractivity contribution in [3.8, 4) is 0 Å². The molecule has 1 fully saturated rings. The standard InChI is InChI=1S/C17H26N2O2/c1-5-17(3,21-4)16(20)19-11-9-18(10-12-19)15-8-6-7-14(2)13-15/h6-8,13H,5,9-12H2,1-4H3. The first-order valence-electron chi connectivity index (χ1n) is 7.66. The second-order valence-corrected chi connectivity index (χ2v) is 5.91. The van der Waals surface area contributed by atoms with Gasteiger partial charge in [0.15, 0.2) is 0 Å². The Bertz CT molecular complexity index is 489. The SMILES string of the molecule is CCC(C)(OC)C(=O)N1CCN(c2cccc(C)c2)CC1. The Morgan fingerprint density at radius 2 is 1.95 bits per heavy atom. The number of aryl methyl sites for hydroxylation is 1. The number of rotatable bonds is 4. The fraction of sp³-hybridized carbons (Fsp3) is 0.588. The van der Waals surface area contributed by atoms with Gasteiger partial charge in [-0.05, 0) is 38.0 Å². The predicted molar refractivity (Wildman–Crippen MR) is 85.7 cm³/mol. The van der Waals surface area contributed by atoms with E-state index in [-0.39, 0.29) is 5.91 Å². The molecular formula is C17H26N2O2. The number of amides is 1. The molecule has 0 aromatic heterocycles. The van der Waals surface area contributed by atoms with Crippen LogP contribution in [0.15, 0.2) is 24.3 Å². The van der Waals surface area contributed by atoms with Crippen molar-refractivity contribution in [3.63, 3.8) is 0 Å². The van der Waals surface area contributed by atoms with Crippen LogP contribution in [0.3, 0.4) is 0 Å². The molecule has 1 aliphatic rings. The van der Waals surface area contributed by atoms with Crippen LogP contribution in [0.25, 0.3) is 0 Å². The van der Waals surface area contributed by atoms with E-state index < -0.39 is 5.60 Å². The van der Waals surface area contributed by atoms with E-state index in [1.165, 1.54) is 11.3 Å². The molecule has 1 saturated heterocycles. The molecule has 1 aromatic carbocycles. The smallest absolute Gasteiger partial charge is 0.254 e. The van der Waals surface area contributed by atoms with E-state index in [1.54, 1.807) is 7.11 Å². The molecule has 2 rings (SSSR count). The van der Waals surface area contributed by atoms with Crippen molar-refractivity contribution in [2.75, 3.05) is 38.2 Å². The zero-order chi connectivity index (χ0) is 15.5. The zero-order valence-electron chi connectivity index (χ0n) is 13.6. The third-order valence-electron chi connectivity index (χ3n) is 4.51. The lowest BCUT2D eigenvalue weighted by Gasteiger charge is -2.39. The number of piperazine rings is 1. The van der Waals surface area contributed by atoms with Crippen LogP contribution in [0, 0.1) is 6.92 Å². The Kier molecular flexibility index (Phi) is 4.88. The number of carbonyl (C=O) groups is 1. The first-order valence-corrected chi connectivity index (χ1v) is 7.66. The summed E-state index contributed by atoms with van der Waals surface area (Å²) in [4.78, 5) is 16.8. The minimum atomic E-state index is -0.689. The summed E-state index contributed by atoms with van der Waals surface area (Å²) in [5, 5.41) is 0. The second-order valence-electron chi connectivity index (χ2n) is 5.91. The largest absolute Gasteiger partial charge is 0.369 e. The number of ether oxygens (including phenoxy) is 1. The monoisotopic (exact) mass is 290 g/mol. The predicted octanol–water partition coefficient (Wildman–Crippen LogP) is 2.46. The molecule has 1 amide bonds. The summed E-state index contributed by atoms with van der Waals surface area (Å²) in [7, 11) is 1.62. The van der Waals surface area contributed by atoms with Gasteiger partial charge in [0.1, 0.15) is 5.60 Å². The highest BCUT2D eigenvalue weighted by molar-refractivity contribution is 5.85. The maximum absolute atomic E-state index is 12.6. The lowest BCUT2D eigenvalue weighted by atomic mass is 10.0. The van der Waals surface area contributed by atoms with Crippen molar-refractivity contribution in [1.82, 2.24) is 4.90 Å². The molecule has 1 unspecified atom stereocenters. The van der Waals surface area contributed by atoms with Crippen molar-refractivity contribution in [2.24, 2.45) is 0 Å². The molecule has 1 aromatic rings. The van der Waals surface area contributed by atoms with E-state index in [4.69, 9.17) is 4.74 Å². The highest BCUT2D eigenvalue weighted by Crippen LogP contribution is 2.21. The van der Waals surface area contributed by atoms with Gasteiger partial charge >= 0.3 is 0 Å². The second kappa shape index (κ2) is 6.48. The molecule has 0 aliphatic carbocycles. The first-order chi connectivity index (χ1) is 10.00. The van der Waals surface area contributed by atoms with Crippen molar-refractivity contribution in [2.45, 2.75) is 32.8 Å². The normalized spacial score (nSPS) is 18.5. The lowest BCUT2D eigenvalue weighted by Crippen LogP contribution is -2.55. The molecule has 116 valence electrons. The van der Waals surface area contributed by atoms with Gasteiger partial charge in [-0.2, -0.15) is 0 Å². The van der Waals surface area contributed by atoms with Gasteiger partial charge in [-0.15, -0.1) is 0 Å². The zero-order valence-corrected chi connectivity index (χ0v) is 13.6. The van der Waals surface area contributed by atoms with E-state index in [1.807, 2.05) is 18.7 Å². The first kappa shape index (κ1) is 15.8. The van der Waals surface area contributed by atoms with Crippen LogP contribution < -0.4 is 4.90 Å². The molecule has 21 heavy (non-hydrogen) atoms. The van der Waals surface area contributed by atoms with Crippen molar-refractivity contribution < 1.29 is 9.53 Å². The van der Waals surface area contributed by atoms with Crippen LogP contribution in [0.4, 0.5) is 5.69 Å². The van der Waals surface area contributed by atoms with Gasteiger partial charge in [0.25, 0.3) is 5.91 Å². The Labute approximate surface area is 127 Å². The molecule has 1 atom stereocenters. The fourth-order valence-corrected chi connectivity index (χ4v) is 2.71. The van der Waals surface area contributed by atoms with E-state index in [0.29, 0.717) is 6.42 Å². The summed E-state index contributed by atoms with van der Waals surface area (Å²) in [5.41, 5.74) is 1.82. The van der Waals surface area contributed by atoms with Gasteiger partial charge in [0.05, 0.1) is 0 Å². The molecule has 0 spiro atoms. The number of hydrogen-bond donors (Lipinski definition) is 0. The third-order valence-corrected chi connectivity index (χ3v) is 4.51. The van der Waals surface area contributed by atoms with E-state index in [0.717, 1.165) is 26.2 Å². The summed E-state index contributed by atoms with van der Waals surface area (Å²) in [5.74, 6) is 0.108. The summed E-state index contributed by atoms with van der Waals surface area (Å²) >= 11 is 0. The van der Waals surface area contributed by atoms with Gasteiger partial charge in [0, 0.05) is 39.0 Å². The van der Waals surface area contributed by atoms with Gasteiger partial charge in [0.2, 0.25) is 0 Å². The number of methoxy groups -OCH3 is 1. The maximum atomic E-state index is 12.6. The molecule has 1 heterocycles. The topological polar surface area (TPSA) is 32.8 Å².